The zero-order valence-electron chi connectivity index (χ0n) is 16.0. The molecule has 4 rings (SSSR count). The van der Waals surface area contributed by atoms with E-state index in [1.165, 1.54) is 0 Å². The Hall–Kier alpha value is -2.69. The molecule has 1 atom stereocenters. The fourth-order valence-corrected chi connectivity index (χ4v) is 3.72. The molecule has 0 saturated heterocycles. The van der Waals surface area contributed by atoms with Gasteiger partial charge in [0.1, 0.15) is 11.4 Å². The molecule has 142 valence electrons. The molecule has 5 heteroatoms. The summed E-state index contributed by atoms with van der Waals surface area (Å²) >= 11 is 0. The molecule has 0 saturated carbocycles. The second-order valence-corrected chi connectivity index (χ2v) is 7.91. The maximum atomic E-state index is 12.6. The minimum Gasteiger partial charge on any atom is -0.487 e. The Morgan fingerprint density at radius 2 is 1.89 bits per heavy atom. The van der Waals surface area contributed by atoms with Gasteiger partial charge >= 0.3 is 0 Å². The summed E-state index contributed by atoms with van der Waals surface area (Å²) in [5, 5.41) is 3.21. The third kappa shape index (κ3) is 3.87. The van der Waals surface area contributed by atoms with Crippen LogP contribution >= 0.6 is 0 Å². The van der Waals surface area contributed by atoms with Crippen molar-refractivity contribution in [1.82, 2.24) is 5.32 Å². The summed E-state index contributed by atoms with van der Waals surface area (Å²) in [6.45, 7) is 6.43. The van der Waals surface area contributed by atoms with Gasteiger partial charge in [0, 0.05) is 18.4 Å². The van der Waals surface area contributed by atoms with Crippen molar-refractivity contribution in [2.75, 3.05) is 6.79 Å². The van der Waals surface area contributed by atoms with Gasteiger partial charge in [-0.1, -0.05) is 23.8 Å². The normalized spacial score (nSPS) is 19.1. The Labute approximate surface area is 159 Å². The molecule has 2 aromatic carbocycles. The van der Waals surface area contributed by atoms with Crippen molar-refractivity contribution in [3.63, 3.8) is 0 Å². The van der Waals surface area contributed by atoms with Crippen LogP contribution in [0.2, 0.25) is 0 Å². The van der Waals surface area contributed by atoms with Crippen LogP contribution in [0.1, 0.15) is 49.4 Å². The van der Waals surface area contributed by atoms with Gasteiger partial charge in [-0.05, 0) is 51.0 Å². The number of fused-ring (bicyclic) bond motifs is 2. The highest BCUT2D eigenvalue weighted by Crippen LogP contribution is 2.40. The highest BCUT2D eigenvalue weighted by Gasteiger charge is 2.34. The molecule has 2 heterocycles. The van der Waals surface area contributed by atoms with E-state index in [2.05, 4.69) is 32.2 Å². The van der Waals surface area contributed by atoms with Crippen molar-refractivity contribution < 1.29 is 19.0 Å². The van der Waals surface area contributed by atoms with E-state index in [1.54, 1.807) is 0 Å². The molecule has 2 aliphatic heterocycles. The maximum absolute atomic E-state index is 12.6. The Morgan fingerprint density at radius 1 is 1.11 bits per heavy atom. The smallest absolute Gasteiger partial charge is 0.231 e. The SMILES string of the molecule is Cc1ccc2c(c1)[C@H](NC(=O)CCc1ccc3c(c1)OCO3)CC(C)(C)O2. The maximum Gasteiger partial charge on any atom is 0.231 e. The highest BCUT2D eigenvalue weighted by atomic mass is 16.7. The lowest BCUT2D eigenvalue weighted by Gasteiger charge is -2.38. The van der Waals surface area contributed by atoms with Gasteiger partial charge in [0.15, 0.2) is 11.5 Å². The predicted molar refractivity (Wildman–Crippen MR) is 102 cm³/mol. The van der Waals surface area contributed by atoms with Crippen LogP contribution in [0, 0.1) is 6.92 Å². The average Bonchev–Trinajstić information content (AvgIpc) is 3.08. The molecule has 0 aromatic heterocycles. The largest absolute Gasteiger partial charge is 0.487 e. The monoisotopic (exact) mass is 367 g/mol. The summed E-state index contributed by atoms with van der Waals surface area (Å²) < 4.78 is 16.8. The molecule has 2 aliphatic rings. The zero-order valence-corrected chi connectivity index (χ0v) is 16.0. The minimum absolute atomic E-state index is 0.0343. The van der Waals surface area contributed by atoms with Crippen molar-refractivity contribution in [1.29, 1.82) is 0 Å². The first-order valence-corrected chi connectivity index (χ1v) is 9.37. The van der Waals surface area contributed by atoms with Crippen LogP contribution in [-0.4, -0.2) is 18.3 Å². The molecule has 1 amide bonds. The Morgan fingerprint density at radius 3 is 2.74 bits per heavy atom. The number of benzene rings is 2. The number of aryl methyl sites for hydroxylation is 2. The second-order valence-electron chi connectivity index (χ2n) is 7.91. The highest BCUT2D eigenvalue weighted by molar-refractivity contribution is 5.77. The lowest BCUT2D eigenvalue weighted by molar-refractivity contribution is -0.122. The van der Waals surface area contributed by atoms with Crippen LogP contribution in [0.4, 0.5) is 0 Å². The number of hydrogen-bond donors (Lipinski definition) is 1. The Balaban J connectivity index is 1.42. The average molecular weight is 367 g/mol. The molecular formula is C22H25NO4. The van der Waals surface area contributed by atoms with E-state index in [1.807, 2.05) is 30.3 Å². The van der Waals surface area contributed by atoms with Crippen LogP contribution in [0.5, 0.6) is 17.2 Å². The van der Waals surface area contributed by atoms with E-state index in [-0.39, 0.29) is 24.3 Å². The zero-order chi connectivity index (χ0) is 19.0. The minimum atomic E-state index is -0.308. The number of rotatable bonds is 4. The van der Waals surface area contributed by atoms with E-state index < -0.39 is 0 Å². The van der Waals surface area contributed by atoms with Gasteiger partial charge in [-0.2, -0.15) is 0 Å². The third-order valence-corrected chi connectivity index (χ3v) is 5.04. The first kappa shape index (κ1) is 17.7. The van der Waals surface area contributed by atoms with Gasteiger partial charge in [-0.15, -0.1) is 0 Å². The molecular weight excluding hydrogens is 342 g/mol. The van der Waals surface area contributed by atoms with Crippen molar-refractivity contribution in [3.05, 3.63) is 53.1 Å². The number of carbonyl (C=O) groups excluding carboxylic acids is 1. The van der Waals surface area contributed by atoms with Gasteiger partial charge in [-0.3, -0.25) is 4.79 Å². The van der Waals surface area contributed by atoms with Gasteiger partial charge < -0.3 is 19.5 Å². The van der Waals surface area contributed by atoms with Gasteiger partial charge in [0.25, 0.3) is 0 Å². The van der Waals surface area contributed by atoms with E-state index in [4.69, 9.17) is 14.2 Å². The molecule has 0 fully saturated rings. The Kier molecular flexibility index (Phi) is 4.46. The summed E-state index contributed by atoms with van der Waals surface area (Å²) in [5.74, 6) is 2.42. The number of ether oxygens (including phenoxy) is 3. The molecule has 2 aromatic rings. The van der Waals surface area contributed by atoms with Gasteiger partial charge in [0.2, 0.25) is 12.7 Å². The fraction of sp³-hybridized carbons (Fsp3) is 0.409. The molecule has 0 aliphatic carbocycles. The lowest BCUT2D eigenvalue weighted by atomic mass is 9.89. The summed E-state index contributed by atoms with van der Waals surface area (Å²) in [5.41, 5.74) is 2.98. The van der Waals surface area contributed by atoms with E-state index in [0.29, 0.717) is 12.8 Å². The van der Waals surface area contributed by atoms with Crippen LogP contribution in [0.3, 0.4) is 0 Å². The van der Waals surface area contributed by atoms with Crippen molar-refractivity contribution in [2.24, 2.45) is 0 Å². The number of carbonyl (C=O) groups is 1. The summed E-state index contributed by atoms with van der Waals surface area (Å²) in [6.07, 6.45) is 1.84. The van der Waals surface area contributed by atoms with Gasteiger partial charge in [-0.25, -0.2) is 0 Å². The van der Waals surface area contributed by atoms with E-state index in [9.17, 15) is 4.79 Å². The number of hydrogen-bond acceptors (Lipinski definition) is 4. The van der Waals surface area contributed by atoms with Gasteiger partial charge in [0.05, 0.1) is 6.04 Å². The van der Waals surface area contributed by atoms with Crippen molar-refractivity contribution >= 4 is 5.91 Å². The molecule has 27 heavy (non-hydrogen) atoms. The molecule has 0 spiro atoms. The summed E-state index contributed by atoms with van der Waals surface area (Å²) in [4.78, 5) is 12.6. The van der Waals surface area contributed by atoms with Crippen LogP contribution in [0.15, 0.2) is 36.4 Å². The first-order valence-electron chi connectivity index (χ1n) is 9.37. The quantitative estimate of drug-likeness (QED) is 0.885. The number of nitrogens with one attached hydrogen (secondary N) is 1. The molecule has 0 radical (unpaired) electrons. The van der Waals surface area contributed by atoms with Crippen LogP contribution in [-0.2, 0) is 11.2 Å². The summed E-state index contributed by atoms with van der Waals surface area (Å²) in [7, 11) is 0. The topological polar surface area (TPSA) is 56.8 Å². The lowest BCUT2D eigenvalue weighted by Crippen LogP contribution is -2.41. The van der Waals surface area contributed by atoms with E-state index >= 15 is 0 Å². The summed E-state index contributed by atoms with van der Waals surface area (Å²) in [6, 6.07) is 11.9. The van der Waals surface area contributed by atoms with E-state index in [0.717, 1.165) is 40.4 Å². The first-order chi connectivity index (χ1) is 12.9. The second kappa shape index (κ2) is 6.80. The van der Waals surface area contributed by atoms with Crippen molar-refractivity contribution in [3.8, 4) is 17.2 Å². The molecule has 1 N–H and O–H groups in total. The Bertz CT molecular complexity index is 875. The standard InChI is InChI=1S/C22H25NO4/c1-14-4-7-18-16(10-14)17(12-22(2,3)27-18)23-21(24)9-6-15-5-8-19-20(11-15)26-13-25-19/h4-5,7-8,10-11,17H,6,9,12-13H2,1-3H3,(H,23,24)/t17-/m1/s1. The molecule has 0 bridgehead atoms. The van der Waals surface area contributed by atoms with Crippen LogP contribution in [0.25, 0.3) is 0 Å². The third-order valence-electron chi connectivity index (χ3n) is 5.04. The molecule has 5 nitrogen and oxygen atoms in total. The number of amides is 1. The fourth-order valence-electron chi connectivity index (χ4n) is 3.72. The van der Waals surface area contributed by atoms with Crippen LogP contribution < -0.4 is 19.5 Å². The van der Waals surface area contributed by atoms with Crippen molar-refractivity contribution in [2.45, 2.75) is 51.7 Å². The predicted octanol–water partition coefficient (Wildman–Crippen LogP) is 4.07. The molecule has 0 unspecified atom stereocenters.